The van der Waals surface area contributed by atoms with Gasteiger partial charge in [-0.25, -0.2) is 0 Å². The Morgan fingerprint density at radius 3 is 2.95 bits per heavy atom. The number of fused-ring (bicyclic) bond motifs is 1. The lowest BCUT2D eigenvalue weighted by atomic mass is 10.2. The fourth-order valence-electron chi connectivity index (χ4n) is 2.30. The molecule has 1 aromatic rings. The Balaban J connectivity index is 1.85. The van der Waals surface area contributed by atoms with Crippen molar-refractivity contribution in [2.24, 2.45) is 0 Å². The Hall–Kier alpha value is -2.04. The Kier molecular flexibility index (Phi) is 5.60. The molecule has 0 unspecified atom stereocenters. The first-order chi connectivity index (χ1) is 10.2. The highest BCUT2D eigenvalue weighted by atomic mass is 16.5. The van der Waals surface area contributed by atoms with Crippen LogP contribution in [-0.2, 0) is 9.59 Å². The molecule has 1 aromatic carbocycles. The van der Waals surface area contributed by atoms with Gasteiger partial charge in [-0.2, -0.15) is 0 Å². The third-order valence-electron chi connectivity index (χ3n) is 3.47. The van der Waals surface area contributed by atoms with Gasteiger partial charge in [0.15, 0.2) is 6.61 Å². The molecule has 0 radical (unpaired) electrons. The van der Waals surface area contributed by atoms with Gasteiger partial charge in [-0.1, -0.05) is 31.9 Å². The monoisotopic (exact) mass is 290 g/mol. The van der Waals surface area contributed by atoms with E-state index in [1.165, 1.54) is 0 Å². The maximum absolute atomic E-state index is 11.9. The van der Waals surface area contributed by atoms with Gasteiger partial charge >= 0.3 is 0 Å². The molecule has 1 aliphatic rings. The maximum atomic E-state index is 11.9. The largest absolute Gasteiger partial charge is 0.482 e. The van der Waals surface area contributed by atoms with Gasteiger partial charge in [0.05, 0.1) is 5.69 Å². The highest BCUT2D eigenvalue weighted by Crippen LogP contribution is 2.31. The summed E-state index contributed by atoms with van der Waals surface area (Å²) < 4.78 is 5.37. The zero-order valence-electron chi connectivity index (χ0n) is 12.4. The number of anilines is 1. The molecule has 0 saturated heterocycles. The second kappa shape index (κ2) is 7.67. The zero-order chi connectivity index (χ0) is 15.1. The standard InChI is InChI=1S/C16H22N2O3/c1-2-3-6-10-17-15(19)9-11-18-13-7-4-5-8-14(13)21-12-16(18)20/h4-5,7-8H,2-3,6,9-12H2,1H3,(H,17,19). The van der Waals surface area contributed by atoms with Crippen molar-refractivity contribution < 1.29 is 14.3 Å². The minimum absolute atomic E-state index is 0.0112. The first-order valence-electron chi connectivity index (χ1n) is 7.51. The van der Waals surface area contributed by atoms with Gasteiger partial charge in [0, 0.05) is 19.5 Å². The van der Waals surface area contributed by atoms with Crippen molar-refractivity contribution in [1.82, 2.24) is 5.32 Å². The third kappa shape index (κ3) is 4.21. The molecule has 0 bridgehead atoms. The molecular formula is C16H22N2O3. The first kappa shape index (κ1) is 15.4. The summed E-state index contributed by atoms with van der Waals surface area (Å²) in [6, 6.07) is 7.40. The molecule has 0 aliphatic carbocycles. The molecule has 1 heterocycles. The van der Waals surface area contributed by atoms with Crippen molar-refractivity contribution in [3.8, 4) is 5.75 Å². The van der Waals surface area contributed by atoms with E-state index in [4.69, 9.17) is 4.74 Å². The fourth-order valence-corrected chi connectivity index (χ4v) is 2.30. The van der Waals surface area contributed by atoms with Crippen LogP contribution in [0, 0.1) is 0 Å². The number of para-hydroxylation sites is 2. The summed E-state index contributed by atoms with van der Waals surface area (Å²) in [6.45, 7) is 3.26. The van der Waals surface area contributed by atoms with Crippen molar-refractivity contribution >= 4 is 17.5 Å². The zero-order valence-corrected chi connectivity index (χ0v) is 12.4. The molecular weight excluding hydrogens is 268 g/mol. The topological polar surface area (TPSA) is 58.6 Å². The summed E-state index contributed by atoms with van der Waals surface area (Å²) in [5, 5.41) is 2.89. The number of amides is 2. The fraction of sp³-hybridized carbons (Fsp3) is 0.500. The third-order valence-corrected chi connectivity index (χ3v) is 3.47. The molecule has 5 nitrogen and oxygen atoms in total. The molecule has 0 spiro atoms. The lowest BCUT2D eigenvalue weighted by molar-refractivity contribution is -0.122. The summed E-state index contributed by atoms with van der Waals surface area (Å²) in [4.78, 5) is 25.4. The number of carbonyl (C=O) groups is 2. The quantitative estimate of drug-likeness (QED) is 0.782. The second-order valence-electron chi connectivity index (χ2n) is 5.11. The van der Waals surface area contributed by atoms with Crippen LogP contribution in [-0.4, -0.2) is 31.5 Å². The Labute approximate surface area is 125 Å². The summed E-state index contributed by atoms with van der Waals surface area (Å²) in [5.74, 6) is 0.579. The number of rotatable bonds is 7. The van der Waals surface area contributed by atoms with E-state index in [1.54, 1.807) is 4.90 Å². The maximum Gasteiger partial charge on any atom is 0.265 e. The number of hydrogen-bond acceptors (Lipinski definition) is 3. The van der Waals surface area contributed by atoms with Crippen LogP contribution in [0.25, 0.3) is 0 Å². The second-order valence-corrected chi connectivity index (χ2v) is 5.11. The van der Waals surface area contributed by atoms with Crippen molar-refractivity contribution in [3.05, 3.63) is 24.3 Å². The van der Waals surface area contributed by atoms with Gasteiger partial charge in [0.1, 0.15) is 5.75 Å². The van der Waals surface area contributed by atoms with Crippen molar-refractivity contribution in [3.63, 3.8) is 0 Å². The van der Waals surface area contributed by atoms with E-state index in [2.05, 4.69) is 12.2 Å². The molecule has 0 atom stereocenters. The average molecular weight is 290 g/mol. The Bertz CT molecular complexity index is 502. The minimum atomic E-state index is -0.104. The first-order valence-corrected chi connectivity index (χ1v) is 7.51. The van der Waals surface area contributed by atoms with E-state index in [-0.39, 0.29) is 18.4 Å². The van der Waals surface area contributed by atoms with Crippen molar-refractivity contribution in [2.75, 3.05) is 24.6 Å². The number of carbonyl (C=O) groups excluding carboxylic acids is 2. The molecule has 0 aromatic heterocycles. The van der Waals surface area contributed by atoms with E-state index in [0.29, 0.717) is 25.3 Å². The van der Waals surface area contributed by atoms with Crippen LogP contribution in [0.5, 0.6) is 5.75 Å². The number of ether oxygens (including phenoxy) is 1. The SMILES string of the molecule is CCCCCNC(=O)CCN1C(=O)COc2ccccc21. The van der Waals surface area contributed by atoms with E-state index >= 15 is 0 Å². The number of hydrogen-bond donors (Lipinski definition) is 1. The van der Waals surface area contributed by atoms with Crippen LogP contribution in [0.1, 0.15) is 32.6 Å². The van der Waals surface area contributed by atoms with Gasteiger partial charge in [0.2, 0.25) is 5.91 Å². The summed E-state index contributed by atoms with van der Waals surface area (Å²) in [5.41, 5.74) is 0.743. The van der Waals surface area contributed by atoms with Crippen LogP contribution in [0.15, 0.2) is 24.3 Å². The van der Waals surface area contributed by atoms with E-state index in [1.807, 2.05) is 24.3 Å². The van der Waals surface area contributed by atoms with Crippen LogP contribution >= 0.6 is 0 Å². The van der Waals surface area contributed by atoms with Gasteiger partial charge in [0.25, 0.3) is 5.91 Å². The van der Waals surface area contributed by atoms with Gasteiger partial charge in [-0.3, -0.25) is 9.59 Å². The molecule has 0 saturated carbocycles. The normalized spacial score (nSPS) is 13.6. The van der Waals surface area contributed by atoms with Crippen LogP contribution in [0.2, 0.25) is 0 Å². The van der Waals surface area contributed by atoms with Crippen LogP contribution in [0.4, 0.5) is 5.69 Å². The average Bonchev–Trinajstić information content (AvgIpc) is 2.50. The molecule has 1 N–H and O–H groups in total. The molecule has 1 aliphatic heterocycles. The number of benzene rings is 1. The molecule has 114 valence electrons. The van der Waals surface area contributed by atoms with Gasteiger partial charge < -0.3 is 15.0 Å². The van der Waals surface area contributed by atoms with Crippen molar-refractivity contribution in [2.45, 2.75) is 32.6 Å². The lowest BCUT2D eigenvalue weighted by Crippen LogP contribution is -2.41. The number of unbranched alkanes of at least 4 members (excludes halogenated alkanes) is 2. The summed E-state index contributed by atoms with van der Waals surface area (Å²) in [7, 11) is 0. The van der Waals surface area contributed by atoms with Gasteiger partial charge in [-0.05, 0) is 18.6 Å². The highest BCUT2D eigenvalue weighted by molar-refractivity contribution is 5.98. The molecule has 0 fully saturated rings. The minimum Gasteiger partial charge on any atom is -0.482 e. The lowest BCUT2D eigenvalue weighted by Gasteiger charge is -2.29. The number of nitrogens with one attached hydrogen (secondary N) is 1. The molecule has 5 heteroatoms. The Morgan fingerprint density at radius 2 is 2.14 bits per heavy atom. The summed E-state index contributed by atoms with van der Waals surface area (Å²) in [6.07, 6.45) is 3.57. The Morgan fingerprint density at radius 1 is 1.33 bits per heavy atom. The molecule has 2 amide bonds. The van der Waals surface area contributed by atoms with E-state index in [0.717, 1.165) is 24.9 Å². The predicted octanol–water partition coefficient (Wildman–Crippen LogP) is 2.11. The van der Waals surface area contributed by atoms with Gasteiger partial charge in [-0.15, -0.1) is 0 Å². The van der Waals surface area contributed by atoms with E-state index < -0.39 is 0 Å². The smallest absolute Gasteiger partial charge is 0.265 e. The van der Waals surface area contributed by atoms with Crippen LogP contribution in [0.3, 0.4) is 0 Å². The number of nitrogens with zero attached hydrogens (tertiary/aromatic N) is 1. The summed E-state index contributed by atoms with van der Waals surface area (Å²) >= 11 is 0. The molecule has 21 heavy (non-hydrogen) atoms. The van der Waals surface area contributed by atoms with E-state index in [9.17, 15) is 9.59 Å². The predicted molar refractivity (Wildman–Crippen MR) is 81.4 cm³/mol. The molecule has 2 rings (SSSR count). The van der Waals surface area contributed by atoms with Crippen molar-refractivity contribution in [1.29, 1.82) is 0 Å². The van der Waals surface area contributed by atoms with Crippen LogP contribution < -0.4 is 15.0 Å². The highest BCUT2D eigenvalue weighted by Gasteiger charge is 2.25.